The summed E-state index contributed by atoms with van der Waals surface area (Å²) in [7, 11) is -2.62. The van der Waals surface area contributed by atoms with Crippen LogP contribution in [0.3, 0.4) is 0 Å². The van der Waals surface area contributed by atoms with Gasteiger partial charge in [0.05, 0.1) is 18.9 Å². The van der Waals surface area contributed by atoms with Crippen molar-refractivity contribution in [1.82, 2.24) is 0 Å². The van der Waals surface area contributed by atoms with Crippen molar-refractivity contribution in [1.29, 1.82) is 5.26 Å². The molecule has 1 heterocycles. The smallest absolute Gasteiger partial charge is 0.350 e. The van der Waals surface area contributed by atoms with Crippen molar-refractivity contribution in [3.8, 4) is 6.07 Å². The van der Waals surface area contributed by atoms with E-state index in [0.717, 1.165) is 11.3 Å². The molecule has 0 aliphatic rings. The van der Waals surface area contributed by atoms with Crippen molar-refractivity contribution < 1.29 is 17.9 Å². The number of nitrogens with one attached hydrogen (secondary N) is 1. The zero-order valence-electron chi connectivity index (χ0n) is 10.1. The van der Waals surface area contributed by atoms with Crippen molar-refractivity contribution in [3.63, 3.8) is 0 Å². The van der Waals surface area contributed by atoms with E-state index in [-0.39, 0.29) is 10.6 Å². The van der Waals surface area contributed by atoms with Crippen LogP contribution < -0.4 is 4.72 Å². The second-order valence-electron chi connectivity index (χ2n) is 3.53. The molecule has 1 unspecified atom stereocenters. The number of aryl methyl sites for hydroxylation is 1. The van der Waals surface area contributed by atoms with Crippen LogP contribution >= 0.6 is 11.3 Å². The Balaban J connectivity index is 3.17. The number of carbonyl (C=O) groups excluding carboxylic acids is 1. The van der Waals surface area contributed by atoms with Gasteiger partial charge in [-0.05, 0) is 24.8 Å². The van der Waals surface area contributed by atoms with Crippen LogP contribution in [0.15, 0.2) is 5.38 Å². The Bertz CT molecular complexity index is 598. The van der Waals surface area contributed by atoms with E-state index in [1.165, 1.54) is 14.0 Å². The van der Waals surface area contributed by atoms with Gasteiger partial charge in [-0.3, -0.25) is 4.72 Å². The molecule has 98 valence electrons. The zero-order valence-corrected chi connectivity index (χ0v) is 11.7. The van der Waals surface area contributed by atoms with Gasteiger partial charge in [0.1, 0.15) is 4.88 Å². The quantitative estimate of drug-likeness (QED) is 0.847. The van der Waals surface area contributed by atoms with Crippen LogP contribution in [0.25, 0.3) is 0 Å². The molecule has 1 N–H and O–H groups in total. The minimum atomic E-state index is -3.83. The topological polar surface area (TPSA) is 96.3 Å². The average molecular weight is 288 g/mol. The summed E-state index contributed by atoms with van der Waals surface area (Å²) in [4.78, 5) is 11.6. The van der Waals surface area contributed by atoms with Crippen LogP contribution in [0.1, 0.15) is 22.2 Å². The van der Waals surface area contributed by atoms with Gasteiger partial charge < -0.3 is 4.74 Å². The van der Waals surface area contributed by atoms with Crippen LogP contribution in [0.5, 0.6) is 0 Å². The van der Waals surface area contributed by atoms with Crippen LogP contribution in [-0.4, -0.2) is 26.7 Å². The first-order valence-corrected chi connectivity index (χ1v) is 7.33. The number of nitriles is 1. The predicted molar refractivity (Wildman–Crippen MR) is 68.0 cm³/mol. The summed E-state index contributed by atoms with van der Waals surface area (Å²) in [6, 6.07) is 1.64. The van der Waals surface area contributed by atoms with Crippen molar-refractivity contribution in [2.75, 3.05) is 11.8 Å². The van der Waals surface area contributed by atoms with Gasteiger partial charge in [0, 0.05) is 0 Å². The lowest BCUT2D eigenvalue weighted by molar-refractivity contribution is 0.0607. The second kappa shape index (κ2) is 5.37. The van der Waals surface area contributed by atoms with Gasteiger partial charge in [-0.2, -0.15) is 5.26 Å². The maximum Gasteiger partial charge on any atom is 0.350 e. The maximum atomic E-state index is 11.8. The molecule has 6 nitrogen and oxygen atoms in total. The number of rotatable bonds is 4. The van der Waals surface area contributed by atoms with Gasteiger partial charge in [0.25, 0.3) is 0 Å². The molecule has 0 saturated heterocycles. The normalized spacial score (nSPS) is 12.6. The Morgan fingerprint density at radius 2 is 2.22 bits per heavy atom. The van der Waals surface area contributed by atoms with E-state index in [2.05, 4.69) is 9.46 Å². The first kappa shape index (κ1) is 14.5. The van der Waals surface area contributed by atoms with Crippen molar-refractivity contribution >= 4 is 33.0 Å². The Morgan fingerprint density at radius 3 is 2.72 bits per heavy atom. The summed E-state index contributed by atoms with van der Waals surface area (Å²) >= 11 is 1.08. The van der Waals surface area contributed by atoms with Crippen LogP contribution in [0.2, 0.25) is 0 Å². The Kier molecular flexibility index (Phi) is 4.32. The molecule has 1 aromatic rings. The molecule has 0 bridgehead atoms. The number of ether oxygens (including phenoxy) is 1. The van der Waals surface area contributed by atoms with Gasteiger partial charge in [-0.15, -0.1) is 11.3 Å². The molecular weight excluding hydrogens is 276 g/mol. The van der Waals surface area contributed by atoms with Crippen molar-refractivity contribution in [3.05, 3.63) is 15.8 Å². The third-order valence-corrected chi connectivity index (χ3v) is 4.84. The molecule has 0 aliphatic carbocycles. The van der Waals surface area contributed by atoms with Crippen LogP contribution in [-0.2, 0) is 14.8 Å². The molecule has 0 saturated carbocycles. The molecule has 0 fully saturated rings. The number of anilines is 1. The number of sulfonamides is 1. The van der Waals surface area contributed by atoms with Gasteiger partial charge in [0.15, 0.2) is 5.25 Å². The summed E-state index contributed by atoms with van der Waals surface area (Å²) in [6.07, 6.45) is 0. The van der Waals surface area contributed by atoms with Gasteiger partial charge in [-0.1, -0.05) is 0 Å². The molecule has 1 aromatic heterocycles. The Morgan fingerprint density at radius 1 is 1.61 bits per heavy atom. The fourth-order valence-corrected chi connectivity index (χ4v) is 2.96. The molecule has 0 aliphatic heterocycles. The van der Waals surface area contributed by atoms with E-state index in [4.69, 9.17) is 5.26 Å². The average Bonchev–Trinajstić information content (AvgIpc) is 2.68. The number of hydrogen-bond donors (Lipinski definition) is 1. The SMILES string of the molecule is COC(=O)c1scc(C)c1NS(=O)(=O)C(C)C#N. The fourth-order valence-electron chi connectivity index (χ4n) is 1.11. The number of esters is 1. The lowest BCUT2D eigenvalue weighted by atomic mass is 10.3. The maximum absolute atomic E-state index is 11.8. The lowest BCUT2D eigenvalue weighted by Gasteiger charge is -2.10. The molecule has 1 atom stereocenters. The molecule has 0 radical (unpaired) electrons. The summed E-state index contributed by atoms with van der Waals surface area (Å²) in [5.74, 6) is -0.615. The van der Waals surface area contributed by atoms with Crippen molar-refractivity contribution in [2.45, 2.75) is 19.1 Å². The fraction of sp³-hybridized carbons (Fsp3) is 0.400. The highest BCUT2D eigenvalue weighted by molar-refractivity contribution is 7.93. The highest BCUT2D eigenvalue weighted by atomic mass is 32.2. The molecule has 18 heavy (non-hydrogen) atoms. The van der Waals surface area contributed by atoms with Gasteiger partial charge in [0.2, 0.25) is 10.0 Å². The number of hydrogen-bond acceptors (Lipinski definition) is 6. The number of thiophene rings is 1. The van der Waals surface area contributed by atoms with E-state index < -0.39 is 21.2 Å². The first-order chi connectivity index (χ1) is 8.33. The van der Waals surface area contributed by atoms with E-state index >= 15 is 0 Å². The first-order valence-electron chi connectivity index (χ1n) is 4.91. The lowest BCUT2D eigenvalue weighted by Crippen LogP contribution is -2.24. The highest BCUT2D eigenvalue weighted by Crippen LogP contribution is 2.29. The minimum absolute atomic E-state index is 0.170. The number of methoxy groups -OCH3 is 1. The second-order valence-corrected chi connectivity index (χ2v) is 6.41. The minimum Gasteiger partial charge on any atom is -0.465 e. The summed E-state index contributed by atoms with van der Waals surface area (Å²) in [6.45, 7) is 2.93. The van der Waals surface area contributed by atoms with Crippen molar-refractivity contribution in [2.24, 2.45) is 0 Å². The third-order valence-electron chi connectivity index (χ3n) is 2.24. The largest absolute Gasteiger partial charge is 0.465 e. The summed E-state index contributed by atoms with van der Waals surface area (Å²) in [5.41, 5.74) is 0.781. The van der Waals surface area contributed by atoms with Crippen LogP contribution in [0.4, 0.5) is 5.69 Å². The molecular formula is C10H12N2O4S2. The highest BCUT2D eigenvalue weighted by Gasteiger charge is 2.25. The van der Waals surface area contributed by atoms with Gasteiger partial charge in [-0.25, -0.2) is 13.2 Å². The molecule has 8 heteroatoms. The summed E-state index contributed by atoms with van der Waals surface area (Å²) in [5, 5.41) is 9.07. The van der Waals surface area contributed by atoms with E-state index in [0.29, 0.717) is 5.56 Å². The van der Waals surface area contributed by atoms with E-state index in [1.54, 1.807) is 18.4 Å². The summed E-state index contributed by atoms with van der Waals surface area (Å²) < 4.78 is 30.4. The molecule has 0 amide bonds. The van der Waals surface area contributed by atoms with E-state index in [9.17, 15) is 13.2 Å². The standard InChI is InChI=1S/C10H12N2O4S2/c1-6-5-17-9(10(13)16-3)8(6)12-18(14,15)7(2)4-11/h5,7,12H,1-3H3. The Labute approximate surface area is 109 Å². The number of carbonyl (C=O) groups is 1. The molecule has 0 aromatic carbocycles. The molecule has 0 spiro atoms. The Hall–Kier alpha value is -1.59. The van der Waals surface area contributed by atoms with Gasteiger partial charge >= 0.3 is 5.97 Å². The monoisotopic (exact) mass is 288 g/mol. The van der Waals surface area contributed by atoms with Crippen LogP contribution in [0, 0.1) is 18.3 Å². The zero-order chi connectivity index (χ0) is 13.9. The molecule has 1 rings (SSSR count). The predicted octanol–water partition coefficient (Wildman–Crippen LogP) is 1.50. The third kappa shape index (κ3) is 2.80. The van der Waals surface area contributed by atoms with E-state index in [1.807, 2.05) is 0 Å². The number of nitrogens with zero attached hydrogens (tertiary/aromatic N) is 1.